The van der Waals surface area contributed by atoms with E-state index in [4.69, 9.17) is 0 Å². The molecule has 0 aromatic carbocycles. The van der Waals surface area contributed by atoms with Crippen LogP contribution in [0.2, 0.25) is 0 Å². The van der Waals surface area contributed by atoms with E-state index in [1.807, 2.05) is 0 Å². The monoisotopic (exact) mass is 181 g/mol. The number of nitrogens with one attached hydrogen (secondary N) is 1. The van der Waals surface area contributed by atoms with Crippen molar-refractivity contribution in [2.75, 3.05) is 13.1 Å². The van der Waals surface area contributed by atoms with E-state index in [0.29, 0.717) is 17.6 Å². The Morgan fingerprint density at radius 2 is 1.85 bits per heavy atom. The van der Waals surface area contributed by atoms with Crippen LogP contribution in [0.4, 0.5) is 0 Å². The molecule has 0 atom stereocenters. The van der Waals surface area contributed by atoms with Crippen molar-refractivity contribution in [3.63, 3.8) is 0 Å². The Morgan fingerprint density at radius 1 is 1.15 bits per heavy atom. The summed E-state index contributed by atoms with van der Waals surface area (Å²) >= 11 is 0. The summed E-state index contributed by atoms with van der Waals surface area (Å²) in [5, 5.41) is 3.33. The summed E-state index contributed by atoms with van der Waals surface area (Å²) in [7, 11) is 0. The maximum absolute atomic E-state index is 11.7. The Labute approximate surface area is 80.1 Å². The molecule has 2 aliphatic rings. The average Bonchev–Trinajstić information content (AvgIpc) is 2.02. The number of hydrogen-bond acceptors (Lipinski definition) is 2. The second kappa shape index (κ2) is 4.23. The fraction of sp³-hybridized carbons (Fsp3) is 0.909. The molecule has 74 valence electrons. The molecule has 1 aliphatic carbocycles. The molecular formula is C11H19NO. The van der Waals surface area contributed by atoms with Gasteiger partial charge < -0.3 is 5.32 Å². The van der Waals surface area contributed by atoms with Gasteiger partial charge in [0.05, 0.1) is 0 Å². The molecule has 13 heavy (non-hydrogen) atoms. The highest BCUT2D eigenvalue weighted by Gasteiger charge is 2.27. The molecule has 1 N–H and O–H groups in total. The van der Waals surface area contributed by atoms with Crippen LogP contribution in [0.3, 0.4) is 0 Å². The SMILES string of the molecule is O=C(CC1CCNCC1)C1CCC1. The number of carbonyl (C=O) groups excluding carboxylic acids is 1. The topological polar surface area (TPSA) is 29.1 Å². The maximum atomic E-state index is 11.7. The summed E-state index contributed by atoms with van der Waals surface area (Å²) in [6, 6.07) is 0. The molecule has 2 rings (SSSR count). The molecule has 2 heteroatoms. The van der Waals surface area contributed by atoms with Crippen LogP contribution in [-0.4, -0.2) is 18.9 Å². The van der Waals surface area contributed by atoms with Crippen LogP contribution in [-0.2, 0) is 4.79 Å². The Balaban J connectivity index is 1.72. The highest BCUT2D eigenvalue weighted by atomic mass is 16.1. The lowest BCUT2D eigenvalue weighted by Gasteiger charge is -2.27. The molecule has 0 aromatic rings. The van der Waals surface area contributed by atoms with Gasteiger partial charge in [-0.25, -0.2) is 0 Å². The molecule has 0 amide bonds. The third kappa shape index (κ3) is 2.31. The van der Waals surface area contributed by atoms with E-state index in [1.165, 1.54) is 32.1 Å². The van der Waals surface area contributed by atoms with Gasteiger partial charge in [0.1, 0.15) is 5.78 Å². The zero-order valence-electron chi connectivity index (χ0n) is 8.22. The van der Waals surface area contributed by atoms with Gasteiger partial charge in [-0.1, -0.05) is 6.42 Å². The van der Waals surface area contributed by atoms with Crippen LogP contribution < -0.4 is 5.32 Å². The lowest BCUT2D eigenvalue weighted by Crippen LogP contribution is -2.31. The Hall–Kier alpha value is -0.370. The first-order valence-electron chi connectivity index (χ1n) is 5.59. The van der Waals surface area contributed by atoms with E-state index in [2.05, 4.69) is 5.32 Å². The highest BCUT2D eigenvalue weighted by molar-refractivity contribution is 5.81. The molecule has 2 nitrogen and oxygen atoms in total. The van der Waals surface area contributed by atoms with Gasteiger partial charge in [-0.05, 0) is 44.7 Å². The van der Waals surface area contributed by atoms with Gasteiger partial charge in [-0.2, -0.15) is 0 Å². The second-order valence-electron chi connectivity index (χ2n) is 4.49. The second-order valence-corrected chi connectivity index (χ2v) is 4.49. The number of Topliss-reactive ketones (excluding diaryl/α,β-unsaturated/α-hetero) is 1. The third-order valence-electron chi connectivity index (χ3n) is 3.51. The van der Waals surface area contributed by atoms with Crippen LogP contribution in [0.15, 0.2) is 0 Å². The molecular weight excluding hydrogens is 162 g/mol. The summed E-state index contributed by atoms with van der Waals surface area (Å²) in [5.41, 5.74) is 0. The van der Waals surface area contributed by atoms with Gasteiger partial charge in [0, 0.05) is 12.3 Å². The van der Waals surface area contributed by atoms with Crippen molar-refractivity contribution in [2.24, 2.45) is 11.8 Å². The summed E-state index contributed by atoms with van der Waals surface area (Å²) in [6.45, 7) is 2.23. The number of hydrogen-bond donors (Lipinski definition) is 1. The molecule has 1 saturated carbocycles. The van der Waals surface area contributed by atoms with Crippen LogP contribution in [0, 0.1) is 11.8 Å². The largest absolute Gasteiger partial charge is 0.317 e. The van der Waals surface area contributed by atoms with E-state index >= 15 is 0 Å². The minimum absolute atomic E-state index is 0.454. The standard InChI is InChI=1S/C11H19NO/c13-11(10-2-1-3-10)8-9-4-6-12-7-5-9/h9-10,12H,1-8H2. The summed E-state index contributed by atoms with van der Waals surface area (Å²) in [4.78, 5) is 11.7. The van der Waals surface area contributed by atoms with Gasteiger partial charge in [0.15, 0.2) is 0 Å². The van der Waals surface area contributed by atoms with E-state index < -0.39 is 0 Å². The number of rotatable bonds is 3. The summed E-state index contributed by atoms with van der Waals surface area (Å²) < 4.78 is 0. The minimum atomic E-state index is 0.454. The van der Waals surface area contributed by atoms with Gasteiger partial charge >= 0.3 is 0 Å². The minimum Gasteiger partial charge on any atom is -0.317 e. The van der Waals surface area contributed by atoms with Gasteiger partial charge in [-0.15, -0.1) is 0 Å². The third-order valence-corrected chi connectivity index (χ3v) is 3.51. The van der Waals surface area contributed by atoms with E-state index in [-0.39, 0.29) is 0 Å². The van der Waals surface area contributed by atoms with Crippen molar-refractivity contribution in [3.8, 4) is 0 Å². The highest BCUT2D eigenvalue weighted by Crippen LogP contribution is 2.30. The quantitative estimate of drug-likeness (QED) is 0.718. The van der Waals surface area contributed by atoms with Crippen LogP contribution >= 0.6 is 0 Å². The van der Waals surface area contributed by atoms with Gasteiger partial charge in [-0.3, -0.25) is 4.79 Å². The molecule has 1 saturated heterocycles. The van der Waals surface area contributed by atoms with Crippen molar-refractivity contribution in [1.29, 1.82) is 0 Å². The first-order valence-corrected chi connectivity index (χ1v) is 5.59. The number of carbonyl (C=O) groups is 1. The normalized spacial score (nSPS) is 25.5. The van der Waals surface area contributed by atoms with Crippen molar-refractivity contribution in [2.45, 2.75) is 38.5 Å². The van der Waals surface area contributed by atoms with E-state index in [0.717, 1.165) is 19.5 Å². The maximum Gasteiger partial charge on any atom is 0.136 e. The first-order chi connectivity index (χ1) is 6.36. The molecule has 1 heterocycles. The van der Waals surface area contributed by atoms with Crippen LogP contribution in [0.1, 0.15) is 38.5 Å². The Kier molecular flexibility index (Phi) is 2.99. The molecule has 0 bridgehead atoms. The Morgan fingerprint density at radius 3 is 2.38 bits per heavy atom. The summed E-state index contributed by atoms with van der Waals surface area (Å²) in [6.07, 6.45) is 6.90. The first kappa shape index (κ1) is 9.20. The van der Waals surface area contributed by atoms with E-state index in [9.17, 15) is 4.79 Å². The van der Waals surface area contributed by atoms with Crippen molar-refractivity contribution < 1.29 is 4.79 Å². The molecule has 0 radical (unpaired) electrons. The Bertz CT molecular complexity index is 181. The number of ketones is 1. The molecule has 0 spiro atoms. The summed E-state index contributed by atoms with van der Waals surface area (Å²) in [5.74, 6) is 1.70. The van der Waals surface area contributed by atoms with Crippen LogP contribution in [0.5, 0.6) is 0 Å². The fourth-order valence-corrected chi connectivity index (χ4v) is 2.27. The van der Waals surface area contributed by atoms with Gasteiger partial charge in [0.2, 0.25) is 0 Å². The van der Waals surface area contributed by atoms with Crippen molar-refractivity contribution in [3.05, 3.63) is 0 Å². The number of piperidine rings is 1. The zero-order chi connectivity index (χ0) is 9.10. The lowest BCUT2D eigenvalue weighted by molar-refractivity contribution is -0.126. The lowest BCUT2D eigenvalue weighted by atomic mass is 9.78. The molecule has 0 unspecified atom stereocenters. The average molecular weight is 181 g/mol. The predicted molar refractivity (Wildman–Crippen MR) is 52.6 cm³/mol. The fourth-order valence-electron chi connectivity index (χ4n) is 2.27. The van der Waals surface area contributed by atoms with Crippen LogP contribution in [0.25, 0.3) is 0 Å². The predicted octanol–water partition coefficient (Wildman–Crippen LogP) is 1.75. The molecule has 0 aromatic heterocycles. The van der Waals surface area contributed by atoms with E-state index in [1.54, 1.807) is 0 Å². The van der Waals surface area contributed by atoms with Crippen molar-refractivity contribution >= 4 is 5.78 Å². The molecule has 2 fully saturated rings. The van der Waals surface area contributed by atoms with Crippen molar-refractivity contribution in [1.82, 2.24) is 5.32 Å². The smallest absolute Gasteiger partial charge is 0.136 e. The van der Waals surface area contributed by atoms with Gasteiger partial charge in [0.25, 0.3) is 0 Å². The molecule has 1 aliphatic heterocycles. The zero-order valence-corrected chi connectivity index (χ0v) is 8.22.